The summed E-state index contributed by atoms with van der Waals surface area (Å²) >= 11 is 0. The van der Waals surface area contributed by atoms with Gasteiger partial charge in [-0.2, -0.15) is 0 Å². The van der Waals surface area contributed by atoms with Gasteiger partial charge in [0.1, 0.15) is 5.82 Å². The van der Waals surface area contributed by atoms with Crippen molar-refractivity contribution in [3.63, 3.8) is 0 Å². The van der Waals surface area contributed by atoms with Gasteiger partial charge >= 0.3 is 0 Å². The average molecular weight is 250 g/mol. The molecule has 0 radical (unpaired) electrons. The number of nitrogens with zero attached hydrogens (tertiary/aromatic N) is 3. The number of hydrogen-bond donors (Lipinski definition) is 2. The number of hydrogen-bond acceptors (Lipinski definition) is 4. The van der Waals surface area contributed by atoms with E-state index in [1.54, 1.807) is 12.3 Å². The molecule has 3 N–H and O–H groups in total. The van der Waals surface area contributed by atoms with Gasteiger partial charge in [0, 0.05) is 24.3 Å². The molecule has 0 spiro atoms. The van der Waals surface area contributed by atoms with Crippen molar-refractivity contribution in [3.8, 4) is 0 Å². The van der Waals surface area contributed by atoms with Crippen LogP contribution in [0.15, 0.2) is 23.5 Å². The largest absolute Gasteiger partial charge is 0.409 e. The van der Waals surface area contributed by atoms with Crippen LogP contribution in [-0.2, 0) is 0 Å². The molecule has 0 atom stereocenters. The quantitative estimate of drug-likeness (QED) is 0.363. The summed E-state index contributed by atoms with van der Waals surface area (Å²) in [4.78, 5) is 6.57. The van der Waals surface area contributed by atoms with Crippen molar-refractivity contribution in [1.29, 1.82) is 0 Å². The first-order chi connectivity index (χ1) is 8.45. The number of amidine groups is 1. The maximum absolute atomic E-state index is 8.70. The second-order valence-electron chi connectivity index (χ2n) is 5.03. The Hall–Kier alpha value is -1.78. The first-order valence-corrected chi connectivity index (χ1v) is 6.16. The minimum Gasteiger partial charge on any atom is -0.409 e. The number of pyridine rings is 1. The molecule has 0 unspecified atom stereocenters. The molecule has 18 heavy (non-hydrogen) atoms. The first-order valence-electron chi connectivity index (χ1n) is 6.16. The van der Waals surface area contributed by atoms with Crippen LogP contribution in [0.2, 0.25) is 0 Å². The molecule has 0 amide bonds. The lowest BCUT2D eigenvalue weighted by atomic mass is 10.1. The third-order valence-corrected chi connectivity index (χ3v) is 2.63. The number of rotatable bonds is 5. The minimum atomic E-state index is 0.104. The summed E-state index contributed by atoms with van der Waals surface area (Å²) in [6.45, 7) is 9.51. The van der Waals surface area contributed by atoms with Crippen LogP contribution in [0.4, 0.5) is 5.82 Å². The van der Waals surface area contributed by atoms with Gasteiger partial charge in [0.2, 0.25) is 0 Å². The average Bonchev–Trinajstić information content (AvgIpc) is 2.34. The van der Waals surface area contributed by atoms with E-state index in [0.717, 1.165) is 12.4 Å². The van der Waals surface area contributed by atoms with Crippen molar-refractivity contribution in [3.05, 3.63) is 23.9 Å². The van der Waals surface area contributed by atoms with E-state index in [1.807, 2.05) is 6.07 Å². The summed E-state index contributed by atoms with van der Waals surface area (Å²) < 4.78 is 0. The Bertz CT molecular complexity index is 415. The Morgan fingerprint density at radius 2 is 2.11 bits per heavy atom. The highest BCUT2D eigenvalue weighted by molar-refractivity contribution is 5.97. The molecule has 0 aliphatic carbocycles. The molecule has 5 heteroatoms. The summed E-state index contributed by atoms with van der Waals surface area (Å²) in [6, 6.07) is 3.92. The first kappa shape index (κ1) is 14.3. The van der Waals surface area contributed by atoms with E-state index in [-0.39, 0.29) is 5.84 Å². The van der Waals surface area contributed by atoms with Gasteiger partial charge in [-0.25, -0.2) is 4.98 Å². The fourth-order valence-electron chi connectivity index (χ4n) is 1.75. The van der Waals surface area contributed by atoms with Crippen molar-refractivity contribution >= 4 is 11.7 Å². The Kier molecular flexibility index (Phi) is 4.95. The number of anilines is 1. The van der Waals surface area contributed by atoms with Crippen LogP contribution in [0.25, 0.3) is 0 Å². The molecule has 0 aliphatic heterocycles. The SMILES string of the molecule is CC(C)CN(c1cc(C(N)=NO)ccn1)C(C)C. The van der Waals surface area contributed by atoms with Gasteiger partial charge < -0.3 is 15.8 Å². The molecule has 0 aliphatic rings. The highest BCUT2D eigenvalue weighted by Crippen LogP contribution is 2.17. The molecule has 1 aromatic heterocycles. The summed E-state index contributed by atoms with van der Waals surface area (Å²) in [6.07, 6.45) is 1.68. The van der Waals surface area contributed by atoms with Crippen molar-refractivity contribution in [2.75, 3.05) is 11.4 Å². The zero-order chi connectivity index (χ0) is 13.7. The maximum atomic E-state index is 8.70. The van der Waals surface area contributed by atoms with Crippen LogP contribution in [0.1, 0.15) is 33.3 Å². The summed E-state index contributed by atoms with van der Waals surface area (Å²) in [5.41, 5.74) is 6.27. The molecule has 0 fully saturated rings. The minimum absolute atomic E-state index is 0.104. The van der Waals surface area contributed by atoms with E-state index >= 15 is 0 Å². The monoisotopic (exact) mass is 250 g/mol. The molecule has 0 aromatic carbocycles. The lowest BCUT2D eigenvalue weighted by Gasteiger charge is -2.29. The number of nitrogens with two attached hydrogens (primary N) is 1. The van der Waals surface area contributed by atoms with E-state index in [4.69, 9.17) is 10.9 Å². The molecule has 0 bridgehead atoms. The highest BCUT2D eigenvalue weighted by Gasteiger charge is 2.14. The van der Waals surface area contributed by atoms with E-state index < -0.39 is 0 Å². The molecule has 1 heterocycles. The predicted octanol–water partition coefficient (Wildman–Crippen LogP) is 2.05. The Morgan fingerprint density at radius 1 is 1.44 bits per heavy atom. The summed E-state index contributed by atoms with van der Waals surface area (Å²) in [5, 5.41) is 11.7. The third kappa shape index (κ3) is 3.61. The van der Waals surface area contributed by atoms with Gasteiger partial charge in [0.05, 0.1) is 0 Å². The normalized spacial score (nSPS) is 12.2. The zero-order valence-corrected chi connectivity index (χ0v) is 11.5. The second-order valence-corrected chi connectivity index (χ2v) is 5.03. The van der Waals surface area contributed by atoms with Gasteiger partial charge in [-0.1, -0.05) is 19.0 Å². The van der Waals surface area contributed by atoms with E-state index in [0.29, 0.717) is 17.5 Å². The van der Waals surface area contributed by atoms with Crippen molar-refractivity contribution in [2.24, 2.45) is 16.8 Å². The van der Waals surface area contributed by atoms with Crippen LogP contribution in [0.3, 0.4) is 0 Å². The molecular weight excluding hydrogens is 228 g/mol. The second kappa shape index (κ2) is 6.23. The number of aromatic nitrogens is 1. The van der Waals surface area contributed by atoms with Gasteiger partial charge in [0.25, 0.3) is 0 Å². The Morgan fingerprint density at radius 3 is 2.61 bits per heavy atom. The lowest BCUT2D eigenvalue weighted by molar-refractivity contribution is 0.318. The standard InChI is InChI=1S/C13H22N4O/c1-9(2)8-17(10(3)4)12-7-11(5-6-15-12)13(14)16-18/h5-7,9-10,18H,8H2,1-4H3,(H2,14,16). The lowest BCUT2D eigenvalue weighted by Crippen LogP contribution is -2.35. The topological polar surface area (TPSA) is 74.7 Å². The molecule has 100 valence electrons. The molecule has 0 saturated heterocycles. The predicted molar refractivity (Wildman–Crippen MR) is 74.1 cm³/mol. The fourth-order valence-corrected chi connectivity index (χ4v) is 1.75. The highest BCUT2D eigenvalue weighted by atomic mass is 16.4. The van der Waals surface area contributed by atoms with Gasteiger partial charge in [-0.3, -0.25) is 0 Å². The van der Waals surface area contributed by atoms with Gasteiger partial charge in [-0.15, -0.1) is 0 Å². The van der Waals surface area contributed by atoms with Crippen molar-refractivity contribution in [2.45, 2.75) is 33.7 Å². The van der Waals surface area contributed by atoms with Crippen molar-refractivity contribution in [1.82, 2.24) is 4.98 Å². The fraction of sp³-hybridized carbons (Fsp3) is 0.538. The van der Waals surface area contributed by atoms with E-state index in [9.17, 15) is 0 Å². The Labute approximate surface area is 108 Å². The van der Waals surface area contributed by atoms with Crippen molar-refractivity contribution < 1.29 is 5.21 Å². The molecule has 1 aromatic rings. The van der Waals surface area contributed by atoms with E-state index in [2.05, 4.69) is 42.7 Å². The van der Waals surface area contributed by atoms with Crippen LogP contribution < -0.4 is 10.6 Å². The number of oxime groups is 1. The van der Waals surface area contributed by atoms with Crippen LogP contribution >= 0.6 is 0 Å². The Balaban J connectivity index is 3.05. The zero-order valence-electron chi connectivity index (χ0n) is 11.5. The molecule has 0 saturated carbocycles. The smallest absolute Gasteiger partial charge is 0.170 e. The molecule has 5 nitrogen and oxygen atoms in total. The summed E-state index contributed by atoms with van der Waals surface area (Å²) in [5.74, 6) is 1.50. The van der Waals surface area contributed by atoms with Crippen LogP contribution in [0, 0.1) is 5.92 Å². The van der Waals surface area contributed by atoms with E-state index in [1.165, 1.54) is 0 Å². The molecular formula is C13H22N4O. The van der Waals surface area contributed by atoms with Gasteiger partial charge in [-0.05, 0) is 31.9 Å². The maximum Gasteiger partial charge on any atom is 0.170 e. The molecule has 1 rings (SSSR count). The van der Waals surface area contributed by atoms with Gasteiger partial charge in [0.15, 0.2) is 5.84 Å². The van der Waals surface area contributed by atoms with Crippen LogP contribution in [-0.4, -0.2) is 28.6 Å². The van der Waals surface area contributed by atoms with Crippen LogP contribution in [0.5, 0.6) is 0 Å². The summed E-state index contributed by atoms with van der Waals surface area (Å²) in [7, 11) is 0. The third-order valence-electron chi connectivity index (χ3n) is 2.63.